The van der Waals surface area contributed by atoms with E-state index in [0.29, 0.717) is 16.8 Å². The van der Waals surface area contributed by atoms with Gasteiger partial charge in [-0.25, -0.2) is 22.7 Å². The van der Waals surface area contributed by atoms with E-state index in [2.05, 4.69) is 16.2 Å². The van der Waals surface area contributed by atoms with Gasteiger partial charge in [-0.3, -0.25) is 4.68 Å². The lowest BCUT2D eigenvalue weighted by molar-refractivity contribution is 0.223. The molecule has 160 valence electrons. The van der Waals surface area contributed by atoms with Gasteiger partial charge >= 0.3 is 0 Å². The average Bonchev–Trinajstić information content (AvgIpc) is 3.03. The molecule has 2 bridgehead atoms. The number of aryl methyl sites for hydroxylation is 1. The average molecular weight is 441 g/mol. The zero-order valence-corrected chi connectivity index (χ0v) is 17.9. The molecule has 0 radical (unpaired) electrons. The molecule has 11 heteroatoms. The fourth-order valence-electron chi connectivity index (χ4n) is 3.62. The summed E-state index contributed by atoms with van der Waals surface area (Å²) in [6, 6.07) is 7.48. The van der Waals surface area contributed by atoms with Crippen LogP contribution < -0.4 is 10.5 Å². The van der Waals surface area contributed by atoms with Crippen LogP contribution in [0.3, 0.4) is 0 Å². The number of nitrogens with one attached hydrogen (secondary N) is 1. The molecule has 2 aromatic heterocycles. The highest BCUT2D eigenvalue weighted by Gasteiger charge is 2.29. The first-order chi connectivity index (χ1) is 14.6. The predicted molar refractivity (Wildman–Crippen MR) is 112 cm³/mol. The maximum Gasteiger partial charge on any atom is 0.166 e. The molecule has 0 saturated carbocycles. The normalized spacial score (nSPS) is 21.1. The number of ether oxygens (including phenoxy) is 1. The van der Waals surface area contributed by atoms with Gasteiger partial charge in [0.05, 0.1) is 17.1 Å². The monoisotopic (exact) mass is 441 g/mol. The minimum Gasteiger partial charge on any atom is -0.482 e. The number of nitrogens with zero attached hydrogens (tertiary/aromatic N) is 5. The number of nitrogen functional groups attached to an aromatic ring is 1. The number of benzene rings is 1. The fraction of sp³-hybridized carbons (Fsp3) is 0.250. The van der Waals surface area contributed by atoms with Crippen LogP contribution in [0, 0.1) is 21.9 Å². The number of hydrogen-bond donors (Lipinski definition) is 2. The summed E-state index contributed by atoms with van der Waals surface area (Å²) < 4.78 is 45.0. The van der Waals surface area contributed by atoms with Crippen LogP contribution in [0.15, 0.2) is 35.4 Å². The van der Waals surface area contributed by atoms with Crippen LogP contribution in [0.1, 0.15) is 30.0 Å². The van der Waals surface area contributed by atoms with Gasteiger partial charge in [-0.1, -0.05) is 0 Å². The van der Waals surface area contributed by atoms with Crippen LogP contribution in [0.4, 0.5) is 10.2 Å². The summed E-state index contributed by atoms with van der Waals surface area (Å²) in [6.45, 7) is 1.67. The number of rotatable bonds is 0. The highest BCUT2D eigenvalue weighted by molar-refractivity contribution is 7.90. The molecule has 1 aromatic carbocycles. The first-order valence-corrected chi connectivity index (χ1v) is 10.8. The Morgan fingerprint density at radius 2 is 2.13 bits per heavy atom. The number of pyridine rings is 1. The van der Waals surface area contributed by atoms with Crippen molar-refractivity contribution in [3.8, 4) is 22.9 Å². The van der Waals surface area contributed by atoms with Crippen LogP contribution in [0.5, 0.6) is 5.75 Å². The van der Waals surface area contributed by atoms with E-state index < -0.39 is 21.8 Å². The molecule has 0 fully saturated rings. The zero-order chi connectivity index (χ0) is 22.5. The smallest absolute Gasteiger partial charge is 0.166 e. The molecule has 0 saturated heterocycles. The third kappa shape index (κ3) is 3.39. The van der Waals surface area contributed by atoms with Crippen molar-refractivity contribution in [2.45, 2.75) is 24.5 Å². The second kappa shape index (κ2) is 7.33. The van der Waals surface area contributed by atoms with Crippen LogP contribution >= 0.6 is 0 Å². The molecule has 3 N–H and O–H groups in total. The van der Waals surface area contributed by atoms with Crippen LogP contribution in [-0.4, -0.2) is 30.3 Å². The van der Waals surface area contributed by atoms with Gasteiger partial charge in [0.15, 0.2) is 11.6 Å². The van der Waals surface area contributed by atoms with Gasteiger partial charge in [-0.15, -0.1) is 0 Å². The molecular formula is C20H20FN7O2S. The Labute approximate surface area is 179 Å². The van der Waals surface area contributed by atoms with E-state index >= 15 is 0 Å². The molecule has 3 aromatic rings. The molecule has 0 aliphatic carbocycles. The van der Waals surface area contributed by atoms with Gasteiger partial charge < -0.3 is 10.5 Å². The SMILES string of the molecule is C[C@H]1Oc2cc(cnc2N)-c2c(nn(C)c2C#N)CN(C)S(=N)(=O)c2ccc(F)cc21. The topological polar surface area (TPSA) is 134 Å². The van der Waals surface area contributed by atoms with Crippen molar-refractivity contribution in [3.63, 3.8) is 0 Å². The molecule has 31 heavy (non-hydrogen) atoms. The quantitative estimate of drug-likeness (QED) is 0.551. The van der Waals surface area contributed by atoms with Gasteiger partial charge in [-0.05, 0) is 31.2 Å². The van der Waals surface area contributed by atoms with Crippen molar-refractivity contribution in [1.29, 1.82) is 10.0 Å². The fourth-order valence-corrected chi connectivity index (χ4v) is 5.06. The van der Waals surface area contributed by atoms with E-state index in [1.165, 1.54) is 34.4 Å². The van der Waals surface area contributed by atoms with Crippen molar-refractivity contribution < 1.29 is 13.3 Å². The van der Waals surface area contributed by atoms with Crippen molar-refractivity contribution in [1.82, 2.24) is 19.1 Å². The Balaban J connectivity index is 2.03. The number of halogens is 1. The molecule has 1 aliphatic heterocycles. The number of aromatic nitrogens is 3. The first-order valence-electron chi connectivity index (χ1n) is 9.31. The molecular weight excluding hydrogens is 421 g/mol. The van der Waals surface area contributed by atoms with E-state index in [0.717, 1.165) is 6.07 Å². The Morgan fingerprint density at radius 1 is 1.39 bits per heavy atom. The Bertz CT molecular complexity index is 1340. The summed E-state index contributed by atoms with van der Waals surface area (Å²) in [4.78, 5) is 4.32. The Morgan fingerprint density at radius 3 is 2.84 bits per heavy atom. The van der Waals surface area contributed by atoms with Crippen molar-refractivity contribution in [2.24, 2.45) is 7.05 Å². The highest BCUT2D eigenvalue weighted by atomic mass is 32.2. The standard InChI is InChI=1S/C20H20FN7O2S/c1-11-14-7-13(21)4-5-18(14)31(24,29)27(2)10-15-19(16(8-22)28(3)26-15)12-6-17(30-11)20(23)25-9-12/h4-7,9,11,24H,10H2,1-3H3,(H2,23,25)/t11-,31?/m1/s1. The molecule has 2 atom stereocenters. The summed E-state index contributed by atoms with van der Waals surface area (Å²) in [7, 11) is -0.380. The largest absolute Gasteiger partial charge is 0.482 e. The third-order valence-electron chi connectivity index (χ3n) is 5.22. The molecule has 1 unspecified atom stereocenters. The number of nitriles is 1. The minimum atomic E-state index is -3.53. The number of anilines is 1. The van der Waals surface area contributed by atoms with Crippen LogP contribution in [0.2, 0.25) is 0 Å². The van der Waals surface area contributed by atoms with E-state index in [9.17, 15) is 13.9 Å². The summed E-state index contributed by atoms with van der Waals surface area (Å²) in [5.74, 6) is -0.202. The van der Waals surface area contributed by atoms with Gasteiger partial charge in [-0.2, -0.15) is 10.4 Å². The number of hydrogen-bond acceptors (Lipinski definition) is 7. The number of nitrogens with two attached hydrogens (primary N) is 1. The predicted octanol–water partition coefficient (Wildman–Crippen LogP) is 2.98. The summed E-state index contributed by atoms with van der Waals surface area (Å²) in [6.07, 6.45) is 0.735. The lowest BCUT2D eigenvalue weighted by Crippen LogP contribution is -2.27. The Kier molecular flexibility index (Phi) is 4.91. The number of fused-ring (bicyclic) bond motifs is 5. The summed E-state index contributed by atoms with van der Waals surface area (Å²) in [5.41, 5.74) is 8.04. The minimum absolute atomic E-state index is 0.0128. The maximum atomic E-state index is 14.1. The highest BCUT2D eigenvalue weighted by Crippen LogP contribution is 2.37. The van der Waals surface area contributed by atoms with Crippen molar-refractivity contribution in [3.05, 3.63) is 53.2 Å². The molecule has 4 rings (SSSR count). The summed E-state index contributed by atoms with van der Waals surface area (Å²) >= 11 is 0. The lowest BCUT2D eigenvalue weighted by atomic mass is 10.0. The summed E-state index contributed by atoms with van der Waals surface area (Å²) in [5, 5.41) is 14.1. The second-order valence-electron chi connectivity index (χ2n) is 7.27. The van der Waals surface area contributed by atoms with E-state index in [-0.39, 0.29) is 34.3 Å². The maximum absolute atomic E-state index is 14.1. The molecule has 3 heterocycles. The molecule has 0 amide bonds. The van der Waals surface area contributed by atoms with E-state index in [4.69, 9.17) is 15.3 Å². The molecule has 0 spiro atoms. The second-order valence-corrected chi connectivity index (χ2v) is 9.38. The Hall–Kier alpha value is -3.49. The van der Waals surface area contributed by atoms with Crippen LogP contribution in [0.25, 0.3) is 11.1 Å². The van der Waals surface area contributed by atoms with E-state index in [1.807, 2.05) is 0 Å². The van der Waals surface area contributed by atoms with Crippen molar-refractivity contribution in [2.75, 3.05) is 12.8 Å². The van der Waals surface area contributed by atoms with Gasteiger partial charge in [0.2, 0.25) is 0 Å². The van der Waals surface area contributed by atoms with E-state index in [1.54, 1.807) is 20.0 Å². The van der Waals surface area contributed by atoms with Crippen molar-refractivity contribution >= 4 is 15.7 Å². The van der Waals surface area contributed by atoms with Gasteiger partial charge in [0.1, 0.15) is 33.6 Å². The third-order valence-corrected chi connectivity index (χ3v) is 7.19. The lowest BCUT2D eigenvalue weighted by Gasteiger charge is -2.25. The van der Waals surface area contributed by atoms with Gasteiger partial charge in [0.25, 0.3) is 0 Å². The first kappa shape index (κ1) is 20.8. The molecule has 1 aliphatic rings. The zero-order valence-electron chi connectivity index (χ0n) is 17.1. The molecule has 9 nitrogen and oxygen atoms in total. The van der Waals surface area contributed by atoms with Gasteiger partial charge in [0, 0.05) is 37.0 Å². The van der Waals surface area contributed by atoms with Crippen LogP contribution in [-0.2, 0) is 23.5 Å².